The molecular formula is C25H21N3O4. The monoisotopic (exact) mass is 427 g/mol. The molecule has 160 valence electrons. The molecule has 2 N–H and O–H groups in total. The van der Waals surface area contributed by atoms with Crippen molar-refractivity contribution in [2.75, 3.05) is 4.90 Å². The number of aromatic nitrogens is 2. The minimum Gasteiger partial charge on any atom is -0.507 e. The van der Waals surface area contributed by atoms with Crippen molar-refractivity contribution >= 4 is 34.4 Å². The van der Waals surface area contributed by atoms with E-state index in [4.69, 9.17) is 4.42 Å². The van der Waals surface area contributed by atoms with Crippen LogP contribution in [0.4, 0.5) is 5.95 Å². The van der Waals surface area contributed by atoms with Crippen LogP contribution in [0.15, 0.2) is 64.6 Å². The number of H-pyrrole nitrogens is 1. The Bertz CT molecular complexity index is 1390. The van der Waals surface area contributed by atoms with Gasteiger partial charge in [0.15, 0.2) is 0 Å². The van der Waals surface area contributed by atoms with E-state index in [1.54, 1.807) is 25.1 Å². The summed E-state index contributed by atoms with van der Waals surface area (Å²) in [6.07, 6.45) is 0. The van der Waals surface area contributed by atoms with Gasteiger partial charge in [0.1, 0.15) is 23.3 Å². The summed E-state index contributed by atoms with van der Waals surface area (Å²) in [5.41, 5.74) is 3.58. The molecule has 1 fully saturated rings. The lowest BCUT2D eigenvalue weighted by atomic mass is 9.96. The third-order valence-electron chi connectivity index (χ3n) is 5.73. The maximum atomic E-state index is 13.2. The number of benzene rings is 2. The summed E-state index contributed by atoms with van der Waals surface area (Å²) in [7, 11) is 0. The van der Waals surface area contributed by atoms with Gasteiger partial charge in [-0.05, 0) is 56.7 Å². The first-order chi connectivity index (χ1) is 15.3. The third kappa shape index (κ3) is 3.01. The summed E-state index contributed by atoms with van der Waals surface area (Å²) in [4.78, 5) is 35.3. The maximum Gasteiger partial charge on any atom is 0.302 e. The molecule has 7 nitrogen and oxygen atoms in total. The van der Waals surface area contributed by atoms with Crippen LogP contribution in [0.2, 0.25) is 0 Å². The van der Waals surface area contributed by atoms with Crippen molar-refractivity contribution in [2.24, 2.45) is 0 Å². The normalized spacial score (nSPS) is 18.1. The molecule has 1 aliphatic rings. The average molecular weight is 427 g/mol. The molecule has 1 aliphatic heterocycles. The molecule has 0 aliphatic carbocycles. The molecule has 0 radical (unpaired) electrons. The van der Waals surface area contributed by atoms with Gasteiger partial charge in [0.05, 0.1) is 16.6 Å². The van der Waals surface area contributed by atoms with Gasteiger partial charge in [-0.15, -0.1) is 0 Å². The van der Waals surface area contributed by atoms with E-state index in [1.807, 2.05) is 50.2 Å². The maximum absolute atomic E-state index is 13.2. The van der Waals surface area contributed by atoms with Gasteiger partial charge >= 0.3 is 5.91 Å². The predicted octanol–water partition coefficient (Wildman–Crippen LogP) is 4.71. The van der Waals surface area contributed by atoms with Crippen LogP contribution < -0.4 is 4.90 Å². The van der Waals surface area contributed by atoms with Crippen molar-refractivity contribution in [1.29, 1.82) is 0 Å². The fourth-order valence-electron chi connectivity index (χ4n) is 4.11. The van der Waals surface area contributed by atoms with Crippen LogP contribution in [0.3, 0.4) is 0 Å². The van der Waals surface area contributed by atoms with E-state index in [9.17, 15) is 14.7 Å². The Morgan fingerprint density at radius 3 is 2.56 bits per heavy atom. The van der Waals surface area contributed by atoms with Gasteiger partial charge in [-0.3, -0.25) is 14.5 Å². The second kappa shape index (κ2) is 7.23. The summed E-state index contributed by atoms with van der Waals surface area (Å²) in [5.74, 6) is -0.594. The molecule has 0 saturated carbocycles. The Morgan fingerprint density at radius 1 is 1.06 bits per heavy atom. The number of fused-ring (bicyclic) bond motifs is 1. The Hall–Kier alpha value is -4.13. The molecule has 2 aromatic carbocycles. The zero-order chi connectivity index (χ0) is 22.6. The Morgan fingerprint density at radius 2 is 1.84 bits per heavy atom. The van der Waals surface area contributed by atoms with E-state index in [0.717, 1.165) is 16.6 Å². The minimum atomic E-state index is -0.954. The van der Waals surface area contributed by atoms with E-state index in [-0.39, 0.29) is 17.3 Å². The van der Waals surface area contributed by atoms with Crippen LogP contribution in [-0.2, 0) is 9.59 Å². The number of hydrogen-bond acceptors (Lipinski definition) is 5. The Labute approximate surface area is 184 Å². The number of Topliss-reactive ketones (excluding diaryl/α,β-unsaturated/α-hetero) is 1. The first-order valence-corrected chi connectivity index (χ1v) is 10.2. The van der Waals surface area contributed by atoms with Gasteiger partial charge < -0.3 is 14.5 Å². The van der Waals surface area contributed by atoms with Gasteiger partial charge in [0, 0.05) is 5.56 Å². The van der Waals surface area contributed by atoms with Gasteiger partial charge in [-0.2, -0.15) is 0 Å². The van der Waals surface area contributed by atoms with Crippen LogP contribution in [0, 0.1) is 20.8 Å². The third-order valence-corrected chi connectivity index (χ3v) is 5.73. The fourth-order valence-corrected chi connectivity index (χ4v) is 4.11. The van der Waals surface area contributed by atoms with E-state index in [2.05, 4.69) is 9.97 Å². The van der Waals surface area contributed by atoms with Crippen molar-refractivity contribution < 1.29 is 19.1 Å². The number of ketones is 1. The van der Waals surface area contributed by atoms with Gasteiger partial charge in [-0.25, -0.2) is 4.98 Å². The second-order valence-corrected chi connectivity index (χ2v) is 8.01. The van der Waals surface area contributed by atoms with E-state index >= 15 is 0 Å². The second-order valence-electron chi connectivity index (χ2n) is 8.01. The first-order valence-electron chi connectivity index (χ1n) is 10.2. The summed E-state index contributed by atoms with van der Waals surface area (Å²) >= 11 is 0. The number of aromatic amines is 1. The molecule has 1 atom stereocenters. The number of anilines is 1. The topological polar surface area (TPSA) is 99.4 Å². The number of aryl methyl sites for hydroxylation is 3. The number of carbonyl (C=O) groups excluding carboxylic acids is 2. The molecule has 1 amide bonds. The molecule has 1 unspecified atom stereocenters. The lowest BCUT2D eigenvalue weighted by Gasteiger charge is -2.21. The zero-order valence-electron chi connectivity index (χ0n) is 17.8. The van der Waals surface area contributed by atoms with Crippen molar-refractivity contribution in [1.82, 2.24) is 9.97 Å². The summed E-state index contributed by atoms with van der Waals surface area (Å²) in [5, 5.41) is 11.3. The number of nitrogens with one attached hydrogen (secondary N) is 1. The average Bonchev–Trinajstić information content (AvgIpc) is 3.45. The van der Waals surface area contributed by atoms with Crippen LogP contribution >= 0.6 is 0 Å². The number of carbonyl (C=O) groups is 2. The number of para-hydroxylation sites is 2. The molecule has 3 heterocycles. The fraction of sp³-hybridized carbons (Fsp3) is 0.160. The standard InChI is InChI=1S/C25H21N3O4/c1-13-8-9-14(2)16(12-13)22(29)20-21(19-11-10-15(3)32-19)28(24(31)23(20)30)25-26-17-6-4-5-7-18(17)27-25/h4-12,21,29H,1-3H3,(H,26,27)/b22-20+. The molecule has 7 heteroatoms. The molecule has 4 aromatic rings. The predicted molar refractivity (Wildman–Crippen MR) is 120 cm³/mol. The summed E-state index contributed by atoms with van der Waals surface area (Å²) < 4.78 is 5.83. The summed E-state index contributed by atoms with van der Waals surface area (Å²) in [6.45, 7) is 5.52. The highest BCUT2D eigenvalue weighted by molar-refractivity contribution is 6.51. The van der Waals surface area contributed by atoms with Crippen LogP contribution in [-0.4, -0.2) is 26.8 Å². The number of imidazole rings is 1. The number of hydrogen-bond donors (Lipinski definition) is 2. The van der Waals surface area contributed by atoms with Crippen molar-refractivity contribution in [3.8, 4) is 0 Å². The van der Waals surface area contributed by atoms with Gasteiger partial charge in [0.2, 0.25) is 5.95 Å². The highest BCUT2D eigenvalue weighted by Crippen LogP contribution is 2.42. The molecule has 1 saturated heterocycles. The van der Waals surface area contributed by atoms with E-state index < -0.39 is 17.7 Å². The SMILES string of the molecule is Cc1ccc(C)c(/C(O)=C2\C(=O)C(=O)N(c3nc4ccccc4[nH]3)C2c2ccc(C)o2)c1. The van der Waals surface area contributed by atoms with Crippen LogP contribution in [0.25, 0.3) is 16.8 Å². The van der Waals surface area contributed by atoms with Crippen LogP contribution in [0.1, 0.15) is 34.3 Å². The van der Waals surface area contributed by atoms with Crippen molar-refractivity contribution in [3.63, 3.8) is 0 Å². The molecule has 0 spiro atoms. The number of aliphatic hydroxyl groups excluding tert-OH is 1. The lowest BCUT2D eigenvalue weighted by Crippen LogP contribution is -2.30. The Balaban J connectivity index is 1.75. The number of nitrogens with zero attached hydrogens (tertiary/aromatic N) is 2. The zero-order valence-corrected chi connectivity index (χ0v) is 17.8. The Kier molecular flexibility index (Phi) is 4.48. The van der Waals surface area contributed by atoms with Crippen molar-refractivity contribution in [3.05, 3.63) is 88.4 Å². The number of aliphatic hydroxyl groups is 1. The van der Waals surface area contributed by atoms with Crippen molar-refractivity contribution in [2.45, 2.75) is 26.8 Å². The van der Waals surface area contributed by atoms with Gasteiger partial charge in [-0.1, -0.05) is 29.8 Å². The first kappa shape index (κ1) is 19.8. The summed E-state index contributed by atoms with van der Waals surface area (Å²) in [6, 6.07) is 15.4. The quantitative estimate of drug-likeness (QED) is 0.280. The van der Waals surface area contributed by atoms with Crippen LogP contribution in [0.5, 0.6) is 0 Å². The molecular weight excluding hydrogens is 406 g/mol. The van der Waals surface area contributed by atoms with E-state index in [0.29, 0.717) is 22.6 Å². The molecule has 5 rings (SSSR count). The smallest absolute Gasteiger partial charge is 0.302 e. The number of amides is 1. The molecule has 32 heavy (non-hydrogen) atoms. The van der Waals surface area contributed by atoms with E-state index in [1.165, 1.54) is 4.90 Å². The van der Waals surface area contributed by atoms with Gasteiger partial charge in [0.25, 0.3) is 5.78 Å². The lowest BCUT2D eigenvalue weighted by molar-refractivity contribution is -0.132. The molecule has 2 aromatic heterocycles. The highest BCUT2D eigenvalue weighted by Gasteiger charge is 2.49. The molecule has 0 bridgehead atoms. The highest BCUT2D eigenvalue weighted by atomic mass is 16.3. The number of furan rings is 1. The largest absolute Gasteiger partial charge is 0.507 e. The minimum absolute atomic E-state index is 0.0292. The number of rotatable bonds is 3.